The molecule has 0 aromatic rings. The van der Waals surface area contributed by atoms with E-state index in [1.165, 1.54) is 32.1 Å². The third-order valence-corrected chi connectivity index (χ3v) is 2.13. The number of hydrogen-bond acceptors (Lipinski definition) is 2. The van der Waals surface area contributed by atoms with E-state index in [0.29, 0.717) is 0 Å². The van der Waals surface area contributed by atoms with E-state index in [9.17, 15) is 18.3 Å². The predicted octanol–water partition coefficient (Wildman–Crippen LogP) is 3.75. The number of unbranched alkanes of at least 4 members (excludes halogenated alkanes) is 4. The number of carbonyl (C=O) groups is 1. The second-order valence-electron chi connectivity index (χ2n) is 4.78. The molecule has 0 aliphatic carbocycles. The highest BCUT2D eigenvalue weighted by atomic mass is 19.4. The molecule has 0 saturated carbocycles. The number of halogens is 3. The van der Waals surface area contributed by atoms with Gasteiger partial charge in [-0.1, -0.05) is 39.0 Å². The topological polar surface area (TPSA) is 57.5 Å². The van der Waals surface area contributed by atoms with Gasteiger partial charge in [-0.3, -0.25) is 0 Å². The zero-order valence-electron chi connectivity index (χ0n) is 11.2. The molecule has 0 fully saturated rings. The number of alkyl halides is 3. The molecule has 0 amide bonds. The van der Waals surface area contributed by atoms with Crippen molar-refractivity contribution in [2.75, 3.05) is 0 Å². The number of carboxylic acid groups (broad SMARTS) is 1. The van der Waals surface area contributed by atoms with Crippen molar-refractivity contribution in [3.05, 3.63) is 0 Å². The summed E-state index contributed by atoms with van der Waals surface area (Å²) in [4.78, 5) is 8.90. The molecule has 18 heavy (non-hydrogen) atoms. The van der Waals surface area contributed by atoms with Crippen LogP contribution in [0.5, 0.6) is 0 Å². The minimum absolute atomic E-state index is 0.452. The fourth-order valence-electron chi connectivity index (χ4n) is 1.16. The molecule has 2 N–H and O–H groups in total. The number of aliphatic hydroxyl groups is 1. The van der Waals surface area contributed by atoms with Gasteiger partial charge >= 0.3 is 12.1 Å². The first-order valence-corrected chi connectivity index (χ1v) is 6.03. The van der Waals surface area contributed by atoms with Crippen LogP contribution in [0.25, 0.3) is 0 Å². The lowest BCUT2D eigenvalue weighted by molar-refractivity contribution is -0.192. The molecule has 0 spiro atoms. The molecular formula is C12H23F3O3. The largest absolute Gasteiger partial charge is 0.490 e. The molecule has 0 aromatic heterocycles. The molecular weight excluding hydrogens is 249 g/mol. The third-order valence-electron chi connectivity index (χ3n) is 2.13. The minimum Gasteiger partial charge on any atom is -0.475 e. The first kappa shape index (κ1) is 19.6. The summed E-state index contributed by atoms with van der Waals surface area (Å²) in [6.45, 7) is 5.98. The Morgan fingerprint density at radius 2 is 1.44 bits per heavy atom. The Labute approximate surface area is 106 Å². The van der Waals surface area contributed by atoms with E-state index in [-0.39, 0.29) is 0 Å². The van der Waals surface area contributed by atoms with Crippen molar-refractivity contribution in [3.63, 3.8) is 0 Å². The molecule has 0 bridgehead atoms. The van der Waals surface area contributed by atoms with Crippen LogP contribution in [0.3, 0.4) is 0 Å². The van der Waals surface area contributed by atoms with E-state index < -0.39 is 17.7 Å². The highest BCUT2D eigenvalue weighted by Crippen LogP contribution is 2.14. The van der Waals surface area contributed by atoms with Crippen LogP contribution in [-0.4, -0.2) is 28.0 Å². The smallest absolute Gasteiger partial charge is 0.475 e. The Morgan fingerprint density at radius 1 is 1.06 bits per heavy atom. The molecule has 6 heteroatoms. The van der Waals surface area contributed by atoms with E-state index >= 15 is 0 Å². The molecule has 3 nitrogen and oxygen atoms in total. The summed E-state index contributed by atoms with van der Waals surface area (Å²) in [6, 6.07) is 0. The van der Waals surface area contributed by atoms with E-state index in [2.05, 4.69) is 6.92 Å². The summed E-state index contributed by atoms with van der Waals surface area (Å²) in [5, 5.41) is 16.5. The maximum absolute atomic E-state index is 10.6. The lowest BCUT2D eigenvalue weighted by Gasteiger charge is -2.16. The van der Waals surface area contributed by atoms with Crippen LogP contribution in [0.4, 0.5) is 13.2 Å². The van der Waals surface area contributed by atoms with Crippen LogP contribution in [0.2, 0.25) is 0 Å². The Morgan fingerprint density at radius 3 is 1.72 bits per heavy atom. The third kappa shape index (κ3) is 17.6. The van der Waals surface area contributed by atoms with Crippen LogP contribution in [0, 0.1) is 0 Å². The van der Waals surface area contributed by atoms with Gasteiger partial charge < -0.3 is 10.2 Å². The average molecular weight is 272 g/mol. The van der Waals surface area contributed by atoms with Crippen LogP contribution < -0.4 is 0 Å². The van der Waals surface area contributed by atoms with Crippen molar-refractivity contribution >= 4 is 5.97 Å². The molecule has 0 aromatic carbocycles. The van der Waals surface area contributed by atoms with Gasteiger partial charge in [0.2, 0.25) is 0 Å². The average Bonchev–Trinajstić information content (AvgIpc) is 2.15. The van der Waals surface area contributed by atoms with E-state index in [0.717, 1.165) is 6.42 Å². The van der Waals surface area contributed by atoms with E-state index in [4.69, 9.17) is 9.90 Å². The maximum atomic E-state index is 10.6. The second kappa shape index (κ2) is 9.19. The van der Waals surface area contributed by atoms with Gasteiger partial charge in [-0.25, -0.2) is 4.79 Å². The van der Waals surface area contributed by atoms with Crippen LogP contribution >= 0.6 is 0 Å². The first-order valence-electron chi connectivity index (χ1n) is 6.03. The fourth-order valence-corrected chi connectivity index (χ4v) is 1.16. The normalized spacial score (nSPS) is 11.7. The predicted molar refractivity (Wildman–Crippen MR) is 63.4 cm³/mol. The van der Waals surface area contributed by atoms with Crippen molar-refractivity contribution in [1.82, 2.24) is 0 Å². The fraction of sp³-hybridized carbons (Fsp3) is 0.917. The highest BCUT2D eigenvalue weighted by Gasteiger charge is 2.38. The van der Waals surface area contributed by atoms with Gasteiger partial charge in [0.05, 0.1) is 5.60 Å². The zero-order chi connectivity index (χ0) is 14.8. The van der Waals surface area contributed by atoms with Gasteiger partial charge in [0.25, 0.3) is 0 Å². The van der Waals surface area contributed by atoms with Gasteiger partial charge in [0.15, 0.2) is 0 Å². The Hall–Kier alpha value is -0.780. The lowest BCUT2D eigenvalue weighted by Crippen LogP contribution is -2.21. The van der Waals surface area contributed by atoms with Crippen molar-refractivity contribution in [1.29, 1.82) is 0 Å². The monoisotopic (exact) mass is 272 g/mol. The van der Waals surface area contributed by atoms with Crippen molar-refractivity contribution in [2.24, 2.45) is 0 Å². The van der Waals surface area contributed by atoms with Gasteiger partial charge in [-0.2, -0.15) is 13.2 Å². The SMILES string of the molecule is CCCCCCCC(C)(C)O.O=C(O)C(F)(F)F. The number of carboxylic acids is 1. The zero-order valence-corrected chi connectivity index (χ0v) is 11.2. The minimum atomic E-state index is -5.08. The van der Waals surface area contributed by atoms with Gasteiger partial charge in [-0.15, -0.1) is 0 Å². The summed E-state index contributed by atoms with van der Waals surface area (Å²) >= 11 is 0. The summed E-state index contributed by atoms with van der Waals surface area (Å²) in [7, 11) is 0. The summed E-state index contributed by atoms with van der Waals surface area (Å²) < 4.78 is 31.7. The van der Waals surface area contributed by atoms with E-state index in [1.54, 1.807) is 0 Å². The lowest BCUT2D eigenvalue weighted by atomic mass is 10.0. The quantitative estimate of drug-likeness (QED) is 0.724. The standard InChI is InChI=1S/C10H22O.C2HF3O2/c1-4-5-6-7-8-9-10(2,3)11;3-2(4,5)1(6)7/h11H,4-9H2,1-3H3;(H,6,7). The van der Waals surface area contributed by atoms with E-state index in [1.807, 2.05) is 13.8 Å². The van der Waals surface area contributed by atoms with Crippen molar-refractivity contribution in [3.8, 4) is 0 Å². The molecule has 0 rings (SSSR count). The Bertz CT molecular complexity index is 220. The van der Waals surface area contributed by atoms with Crippen LogP contribution in [-0.2, 0) is 4.79 Å². The molecule has 0 aliphatic heterocycles. The molecule has 0 heterocycles. The molecule has 0 unspecified atom stereocenters. The number of hydrogen-bond donors (Lipinski definition) is 2. The Balaban J connectivity index is 0. The molecule has 0 radical (unpaired) electrons. The maximum Gasteiger partial charge on any atom is 0.490 e. The second-order valence-corrected chi connectivity index (χ2v) is 4.78. The van der Waals surface area contributed by atoms with Crippen LogP contribution in [0.1, 0.15) is 59.3 Å². The Kier molecular flexibility index (Phi) is 9.99. The summed E-state index contributed by atoms with van der Waals surface area (Å²) in [5.74, 6) is -2.76. The summed E-state index contributed by atoms with van der Waals surface area (Å²) in [5.41, 5.74) is -0.452. The molecule has 0 atom stereocenters. The van der Waals surface area contributed by atoms with Gasteiger partial charge in [-0.05, 0) is 20.3 Å². The van der Waals surface area contributed by atoms with Crippen molar-refractivity contribution < 1.29 is 28.2 Å². The summed E-state index contributed by atoms with van der Waals surface area (Å²) in [6.07, 6.45) is 2.26. The number of aliphatic carboxylic acids is 1. The van der Waals surface area contributed by atoms with Crippen molar-refractivity contribution in [2.45, 2.75) is 71.1 Å². The molecule has 0 saturated heterocycles. The molecule has 110 valence electrons. The van der Waals surface area contributed by atoms with Gasteiger partial charge in [0, 0.05) is 0 Å². The number of rotatable bonds is 6. The molecule has 0 aliphatic rings. The van der Waals surface area contributed by atoms with Crippen LogP contribution in [0.15, 0.2) is 0 Å². The first-order chi connectivity index (χ1) is 8.00. The highest BCUT2D eigenvalue weighted by molar-refractivity contribution is 5.73. The van der Waals surface area contributed by atoms with Gasteiger partial charge in [0.1, 0.15) is 0 Å².